The van der Waals surface area contributed by atoms with Gasteiger partial charge in [-0.3, -0.25) is 9.59 Å². The van der Waals surface area contributed by atoms with E-state index in [1.807, 2.05) is 78.6 Å². The molecule has 6 heteroatoms. The second-order valence-electron chi connectivity index (χ2n) is 8.19. The van der Waals surface area contributed by atoms with Gasteiger partial charge in [0.2, 0.25) is 5.91 Å². The lowest BCUT2D eigenvalue weighted by atomic mass is 9.77. The number of carbonyl (C=O) groups is 2. The van der Waals surface area contributed by atoms with E-state index in [4.69, 9.17) is 9.47 Å². The predicted molar refractivity (Wildman–Crippen MR) is 114 cm³/mol. The van der Waals surface area contributed by atoms with Gasteiger partial charge in [0.25, 0.3) is 0 Å². The molecule has 0 unspecified atom stereocenters. The maximum atomic E-state index is 13.4. The number of hydrogen-bond acceptors (Lipinski definition) is 4. The van der Waals surface area contributed by atoms with Crippen molar-refractivity contribution in [1.29, 1.82) is 0 Å². The summed E-state index contributed by atoms with van der Waals surface area (Å²) in [5.74, 6) is -1.55. The van der Waals surface area contributed by atoms with Gasteiger partial charge in [0.15, 0.2) is 0 Å². The van der Waals surface area contributed by atoms with Crippen molar-refractivity contribution in [3.63, 3.8) is 0 Å². The van der Waals surface area contributed by atoms with Gasteiger partial charge in [0, 0.05) is 4.47 Å². The Bertz CT molecular complexity index is 1010. The van der Waals surface area contributed by atoms with Crippen molar-refractivity contribution < 1.29 is 19.1 Å². The highest BCUT2D eigenvalue weighted by atomic mass is 79.9. The number of rotatable bonds is 5. The van der Waals surface area contributed by atoms with Crippen LogP contribution >= 0.6 is 15.9 Å². The highest BCUT2D eigenvalue weighted by Crippen LogP contribution is 2.53. The molecular weight excluding hydrogens is 446 g/mol. The van der Waals surface area contributed by atoms with E-state index in [-0.39, 0.29) is 24.5 Å². The summed E-state index contributed by atoms with van der Waals surface area (Å²) in [5.41, 5.74) is 1.23. The number of ether oxygens (including phenoxy) is 2. The van der Waals surface area contributed by atoms with Crippen molar-refractivity contribution in [3.8, 4) is 0 Å². The SMILES string of the molecule is C[C@@H](c1ccc(Br)cc1)N1C[C@@]23C=C[C@@H](O2)[C@H](C(=O)OCc2ccccc2)[C@@H]3C1=O. The monoisotopic (exact) mass is 467 g/mol. The van der Waals surface area contributed by atoms with E-state index in [0.717, 1.165) is 15.6 Å². The van der Waals surface area contributed by atoms with Gasteiger partial charge in [-0.15, -0.1) is 0 Å². The summed E-state index contributed by atoms with van der Waals surface area (Å²) in [7, 11) is 0. The van der Waals surface area contributed by atoms with Crippen LogP contribution in [-0.4, -0.2) is 35.0 Å². The number of benzene rings is 2. The van der Waals surface area contributed by atoms with Crippen LogP contribution < -0.4 is 0 Å². The maximum Gasteiger partial charge on any atom is 0.313 e. The number of halogens is 1. The topological polar surface area (TPSA) is 55.8 Å². The van der Waals surface area contributed by atoms with Gasteiger partial charge in [-0.2, -0.15) is 0 Å². The van der Waals surface area contributed by atoms with E-state index in [1.54, 1.807) is 0 Å². The second-order valence-corrected chi connectivity index (χ2v) is 9.10. The lowest BCUT2D eigenvalue weighted by Crippen LogP contribution is -2.40. The number of hydrogen-bond donors (Lipinski definition) is 0. The van der Waals surface area contributed by atoms with Crippen molar-refractivity contribution in [1.82, 2.24) is 4.90 Å². The zero-order chi connectivity index (χ0) is 20.9. The Morgan fingerprint density at radius 3 is 2.70 bits per heavy atom. The van der Waals surface area contributed by atoms with Crippen LogP contribution in [0.25, 0.3) is 0 Å². The third kappa shape index (κ3) is 3.10. The van der Waals surface area contributed by atoms with E-state index in [0.29, 0.717) is 6.54 Å². The third-order valence-corrected chi connectivity index (χ3v) is 6.97. The molecule has 5 nitrogen and oxygen atoms in total. The molecule has 1 spiro atoms. The number of fused-ring (bicyclic) bond motifs is 1. The number of esters is 1. The fraction of sp³-hybridized carbons (Fsp3) is 0.333. The van der Waals surface area contributed by atoms with Crippen LogP contribution in [0.5, 0.6) is 0 Å². The van der Waals surface area contributed by atoms with Crippen LogP contribution in [0.2, 0.25) is 0 Å². The number of likely N-dealkylation sites (tertiary alicyclic amines) is 1. The lowest BCUT2D eigenvalue weighted by Gasteiger charge is -2.27. The summed E-state index contributed by atoms with van der Waals surface area (Å²) in [6.07, 6.45) is 3.48. The van der Waals surface area contributed by atoms with Crippen LogP contribution in [0.1, 0.15) is 24.1 Å². The Kier molecular flexibility index (Phi) is 4.79. The van der Waals surface area contributed by atoms with Gasteiger partial charge in [-0.1, -0.05) is 70.5 Å². The smallest absolute Gasteiger partial charge is 0.313 e. The van der Waals surface area contributed by atoms with E-state index >= 15 is 0 Å². The Labute approximate surface area is 183 Å². The summed E-state index contributed by atoms with van der Waals surface area (Å²) < 4.78 is 12.8. The van der Waals surface area contributed by atoms with Gasteiger partial charge < -0.3 is 14.4 Å². The molecule has 2 bridgehead atoms. The second kappa shape index (κ2) is 7.36. The average Bonchev–Trinajstić information content (AvgIpc) is 3.41. The van der Waals surface area contributed by atoms with Gasteiger partial charge in [0.05, 0.1) is 24.6 Å². The van der Waals surface area contributed by atoms with Gasteiger partial charge >= 0.3 is 5.97 Å². The number of nitrogens with zero attached hydrogens (tertiary/aromatic N) is 1. The molecule has 2 fully saturated rings. The quantitative estimate of drug-likeness (QED) is 0.491. The Morgan fingerprint density at radius 2 is 1.97 bits per heavy atom. The van der Waals surface area contributed by atoms with Crippen LogP contribution in [0, 0.1) is 11.8 Å². The van der Waals surface area contributed by atoms with Crippen molar-refractivity contribution in [2.45, 2.75) is 31.3 Å². The summed E-state index contributed by atoms with van der Waals surface area (Å²) in [4.78, 5) is 28.2. The van der Waals surface area contributed by atoms with Crippen molar-refractivity contribution >= 4 is 27.8 Å². The normalized spacial score (nSPS) is 29.9. The minimum absolute atomic E-state index is 0.0427. The standard InChI is InChI=1S/C24H22BrNO4/c1-15(17-7-9-18(25)10-8-17)26-14-24-12-11-19(30-24)20(21(24)22(26)27)23(28)29-13-16-5-3-2-4-6-16/h2-12,15,19-21H,13-14H2,1H3/t15-,19+,20-,21+,24+/m0/s1. The first-order chi connectivity index (χ1) is 14.5. The van der Waals surface area contributed by atoms with Gasteiger partial charge in [0.1, 0.15) is 18.1 Å². The Hall–Kier alpha value is -2.44. The van der Waals surface area contributed by atoms with Gasteiger partial charge in [-0.25, -0.2) is 0 Å². The molecule has 0 aliphatic carbocycles. The molecule has 154 valence electrons. The summed E-state index contributed by atoms with van der Waals surface area (Å²) in [6.45, 7) is 2.65. The number of amides is 1. The zero-order valence-corrected chi connectivity index (χ0v) is 18.1. The lowest BCUT2D eigenvalue weighted by molar-refractivity contribution is -0.155. The van der Waals surface area contributed by atoms with Gasteiger partial charge in [-0.05, 0) is 30.2 Å². The van der Waals surface area contributed by atoms with E-state index in [2.05, 4.69) is 15.9 Å². The highest BCUT2D eigenvalue weighted by molar-refractivity contribution is 9.10. The van der Waals surface area contributed by atoms with Crippen LogP contribution in [0.15, 0.2) is 71.2 Å². The first-order valence-corrected chi connectivity index (χ1v) is 10.9. The molecule has 0 aromatic heterocycles. The molecule has 0 radical (unpaired) electrons. The van der Waals surface area contributed by atoms with Crippen molar-refractivity contribution in [2.24, 2.45) is 11.8 Å². The first-order valence-electron chi connectivity index (χ1n) is 10.1. The predicted octanol–water partition coefficient (Wildman–Crippen LogP) is 4.04. The number of carbonyl (C=O) groups excluding carboxylic acids is 2. The summed E-state index contributed by atoms with van der Waals surface area (Å²) in [6, 6.07) is 17.4. The first kappa shape index (κ1) is 19.5. The average molecular weight is 468 g/mol. The minimum Gasteiger partial charge on any atom is -0.460 e. The molecule has 0 saturated carbocycles. The maximum absolute atomic E-state index is 13.4. The highest BCUT2D eigenvalue weighted by Gasteiger charge is 2.67. The summed E-state index contributed by atoms with van der Waals surface area (Å²) >= 11 is 3.45. The van der Waals surface area contributed by atoms with E-state index in [1.165, 1.54) is 0 Å². The van der Waals surface area contributed by atoms with Crippen LogP contribution in [0.3, 0.4) is 0 Å². The molecule has 5 rings (SSSR count). The third-order valence-electron chi connectivity index (χ3n) is 6.45. The van der Waals surface area contributed by atoms with E-state index in [9.17, 15) is 9.59 Å². The Balaban J connectivity index is 1.35. The Morgan fingerprint density at radius 1 is 1.23 bits per heavy atom. The summed E-state index contributed by atoms with van der Waals surface area (Å²) in [5, 5.41) is 0. The largest absolute Gasteiger partial charge is 0.460 e. The molecule has 3 aliphatic heterocycles. The fourth-order valence-electron chi connectivity index (χ4n) is 4.87. The molecule has 3 aliphatic rings. The van der Waals surface area contributed by atoms with E-state index < -0.39 is 23.5 Å². The molecule has 1 amide bonds. The van der Waals surface area contributed by atoms with Crippen LogP contribution in [0.4, 0.5) is 0 Å². The molecule has 2 aromatic rings. The molecule has 30 heavy (non-hydrogen) atoms. The van der Waals surface area contributed by atoms with Crippen molar-refractivity contribution in [3.05, 3.63) is 82.3 Å². The molecule has 5 atom stereocenters. The van der Waals surface area contributed by atoms with Crippen LogP contribution in [-0.2, 0) is 25.7 Å². The molecule has 0 N–H and O–H groups in total. The molecule has 2 aromatic carbocycles. The molecular formula is C24H22BrNO4. The molecule has 3 heterocycles. The fourth-order valence-corrected chi connectivity index (χ4v) is 5.14. The minimum atomic E-state index is -0.734. The molecule has 2 saturated heterocycles. The van der Waals surface area contributed by atoms with Crippen molar-refractivity contribution in [2.75, 3.05) is 6.54 Å². The zero-order valence-electron chi connectivity index (χ0n) is 16.5.